The molecule has 128 valence electrons. The first-order valence-corrected chi connectivity index (χ1v) is 8.41. The smallest absolute Gasteiger partial charge is 0.287 e. The van der Waals surface area contributed by atoms with E-state index in [-0.39, 0.29) is 5.41 Å². The highest BCUT2D eigenvalue weighted by atomic mass is 16.9. The molecule has 0 fully saturated rings. The lowest BCUT2D eigenvalue weighted by Gasteiger charge is -2.45. The number of hydrogen-bond acceptors (Lipinski definition) is 4. The average molecular weight is 303 g/mol. The minimum absolute atomic E-state index is 0.185. The number of rotatable bonds is 14. The van der Waals surface area contributed by atoms with Crippen molar-refractivity contribution in [1.29, 1.82) is 0 Å². The summed E-state index contributed by atoms with van der Waals surface area (Å²) in [6.07, 6.45) is 10.6. The number of methoxy groups -OCH3 is 3. The Kier molecular flexibility index (Phi) is 11.3. The van der Waals surface area contributed by atoms with Crippen molar-refractivity contribution in [1.82, 2.24) is 0 Å². The Labute approximate surface area is 131 Å². The monoisotopic (exact) mass is 303 g/mol. The Morgan fingerprint density at radius 3 is 1.71 bits per heavy atom. The molecule has 0 rings (SSSR count). The first-order chi connectivity index (χ1) is 10.1. The highest BCUT2D eigenvalue weighted by Crippen LogP contribution is 2.44. The number of nitrogens with two attached hydrogens (primary N) is 1. The topological polar surface area (TPSA) is 53.7 Å². The van der Waals surface area contributed by atoms with E-state index in [4.69, 9.17) is 19.9 Å². The van der Waals surface area contributed by atoms with Crippen molar-refractivity contribution in [3.05, 3.63) is 0 Å². The van der Waals surface area contributed by atoms with Crippen molar-refractivity contribution in [2.75, 3.05) is 27.9 Å². The number of hydrogen-bond donors (Lipinski definition) is 1. The fourth-order valence-corrected chi connectivity index (χ4v) is 3.21. The third-order valence-electron chi connectivity index (χ3n) is 4.56. The van der Waals surface area contributed by atoms with Gasteiger partial charge in [0, 0.05) is 26.7 Å². The van der Waals surface area contributed by atoms with Crippen LogP contribution in [-0.4, -0.2) is 33.8 Å². The van der Waals surface area contributed by atoms with Gasteiger partial charge >= 0.3 is 0 Å². The molecule has 21 heavy (non-hydrogen) atoms. The van der Waals surface area contributed by atoms with Gasteiger partial charge in [0.05, 0.1) is 0 Å². The van der Waals surface area contributed by atoms with E-state index in [1.165, 1.54) is 38.5 Å². The quantitative estimate of drug-likeness (QED) is 0.388. The van der Waals surface area contributed by atoms with Crippen molar-refractivity contribution in [2.45, 2.75) is 77.6 Å². The molecule has 1 unspecified atom stereocenters. The number of ether oxygens (including phenoxy) is 3. The molecule has 0 aliphatic carbocycles. The van der Waals surface area contributed by atoms with E-state index >= 15 is 0 Å². The zero-order valence-corrected chi connectivity index (χ0v) is 14.9. The molecule has 0 aromatic heterocycles. The summed E-state index contributed by atoms with van der Waals surface area (Å²) in [5.41, 5.74) is 5.51. The van der Waals surface area contributed by atoms with Crippen LogP contribution < -0.4 is 5.73 Å². The lowest BCUT2D eigenvalue weighted by molar-refractivity contribution is -0.406. The van der Waals surface area contributed by atoms with E-state index in [0.29, 0.717) is 6.54 Å². The van der Waals surface area contributed by atoms with Crippen LogP contribution in [0.3, 0.4) is 0 Å². The van der Waals surface area contributed by atoms with E-state index in [0.717, 1.165) is 19.3 Å². The summed E-state index contributed by atoms with van der Waals surface area (Å²) in [4.78, 5) is 0. The molecule has 0 aromatic carbocycles. The fraction of sp³-hybridized carbons (Fsp3) is 1.00. The molecular formula is C17H37NO3. The Morgan fingerprint density at radius 1 is 0.762 bits per heavy atom. The van der Waals surface area contributed by atoms with E-state index < -0.39 is 5.97 Å². The van der Waals surface area contributed by atoms with Gasteiger partial charge < -0.3 is 19.9 Å². The molecule has 0 bridgehead atoms. The fourth-order valence-electron chi connectivity index (χ4n) is 3.21. The van der Waals surface area contributed by atoms with Crippen LogP contribution >= 0.6 is 0 Å². The largest absolute Gasteiger partial charge is 0.330 e. The summed E-state index contributed by atoms with van der Waals surface area (Å²) in [5, 5.41) is 0. The molecule has 4 nitrogen and oxygen atoms in total. The van der Waals surface area contributed by atoms with Crippen LogP contribution in [0, 0.1) is 5.41 Å². The molecule has 0 aromatic rings. The summed E-state index contributed by atoms with van der Waals surface area (Å²) in [6.45, 7) is 5.11. The van der Waals surface area contributed by atoms with Crippen LogP contribution in [0.1, 0.15) is 71.6 Å². The summed E-state index contributed by atoms with van der Waals surface area (Å²) in [5.74, 6) is -0.981. The highest BCUT2D eigenvalue weighted by molar-refractivity contribution is 4.84. The van der Waals surface area contributed by atoms with E-state index in [9.17, 15) is 0 Å². The SMILES string of the molecule is CCCCCCCCC(C)(CCCN)C(OC)(OC)OC. The summed E-state index contributed by atoms with van der Waals surface area (Å²) >= 11 is 0. The lowest BCUT2D eigenvalue weighted by Crippen LogP contribution is -2.51. The zero-order valence-electron chi connectivity index (χ0n) is 14.9. The van der Waals surface area contributed by atoms with Gasteiger partial charge in [-0.25, -0.2) is 0 Å². The Hall–Kier alpha value is -0.160. The predicted octanol–water partition coefficient (Wildman–Crippen LogP) is 4.08. The summed E-state index contributed by atoms with van der Waals surface area (Å²) in [7, 11) is 4.94. The van der Waals surface area contributed by atoms with Crippen LogP contribution in [0.2, 0.25) is 0 Å². The van der Waals surface area contributed by atoms with Gasteiger partial charge in [0.15, 0.2) is 0 Å². The normalized spacial score (nSPS) is 15.1. The van der Waals surface area contributed by atoms with E-state index in [1.54, 1.807) is 21.3 Å². The van der Waals surface area contributed by atoms with Gasteiger partial charge in [-0.2, -0.15) is 0 Å². The molecule has 0 saturated carbocycles. The Bertz CT molecular complexity index is 236. The van der Waals surface area contributed by atoms with Gasteiger partial charge in [0.2, 0.25) is 0 Å². The van der Waals surface area contributed by atoms with E-state index in [2.05, 4.69) is 13.8 Å². The molecule has 0 aliphatic heterocycles. The molecule has 0 spiro atoms. The maximum Gasteiger partial charge on any atom is 0.287 e. The van der Waals surface area contributed by atoms with E-state index in [1.807, 2.05) is 0 Å². The van der Waals surface area contributed by atoms with Gasteiger partial charge in [-0.05, 0) is 25.8 Å². The maximum absolute atomic E-state index is 5.69. The molecule has 4 heteroatoms. The third kappa shape index (κ3) is 6.23. The van der Waals surface area contributed by atoms with Gasteiger partial charge in [-0.15, -0.1) is 0 Å². The van der Waals surface area contributed by atoms with Gasteiger partial charge in [0.25, 0.3) is 5.97 Å². The lowest BCUT2D eigenvalue weighted by atomic mass is 9.77. The van der Waals surface area contributed by atoms with Crippen molar-refractivity contribution in [3.8, 4) is 0 Å². The molecule has 0 amide bonds. The first kappa shape index (κ1) is 20.8. The Morgan fingerprint density at radius 2 is 1.24 bits per heavy atom. The molecular weight excluding hydrogens is 266 g/mol. The number of unbranched alkanes of at least 4 members (excludes halogenated alkanes) is 5. The molecule has 0 radical (unpaired) electrons. The minimum Gasteiger partial charge on any atom is -0.330 e. The van der Waals surface area contributed by atoms with Crippen LogP contribution in [0.5, 0.6) is 0 Å². The van der Waals surface area contributed by atoms with Crippen LogP contribution in [-0.2, 0) is 14.2 Å². The average Bonchev–Trinajstić information content (AvgIpc) is 2.51. The minimum atomic E-state index is -0.981. The molecule has 1 atom stereocenters. The molecule has 0 heterocycles. The van der Waals surface area contributed by atoms with Crippen LogP contribution in [0.25, 0.3) is 0 Å². The molecule has 0 saturated heterocycles. The third-order valence-corrected chi connectivity index (χ3v) is 4.56. The predicted molar refractivity (Wildman–Crippen MR) is 88.1 cm³/mol. The highest BCUT2D eigenvalue weighted by Gasteiger charge is 2.49. The van der Waals surface area contributed by atoms with Gasteiger partial charge in [-0.1, -0.05) is 52.4 Å². The van der Waals surface area contributed by atoms with Crippen LogP contribution in [0.4, 0.5) is 0 Å². The van der Waals surface area contributed by atoms with Gasteiger partial charge in [-0.3, -0.25) is 0 Å². The van der Waals surface area contributed by atoms with Crippen LogP contribution in [0.15, 0.2) is 0 Å². The van der Waals surface area contributed by atoms with Crippen molar-refractivity contribution >= 4 is 0 Å². The van der Waals surface area contributed by atoms with Crippen molar-refractivity contribution in [3.63, 3.8) is 0 Å². The zero-order chi connectivity index (χ0) is 16.2. The summed E-state index contributed by atoms with van der Waals surface area (Å²) < 4.78 is 16.8. The second-order valence-corrected chi connectivity index (χ2v) is 6.14. The standard InChI is InChI=1S/C17H37NO3/c1-6-7-8-9-10-11-13-16(2,14-12-15-18)17(19-3,20-4)21-5/h6-15,18H2,1-5H3. The second kappa shape index (κ2) is 11.4. The molecule has 2 N–H and O–H groups in total. The second-order valence-electron chi connectivity index (χ2n) is 6.14. The first-order valence-electron chi connectivity index (χ1n) is 8.41. The Balaban J connectivity index is 4.59. The van der Waals surface area contributed by atoms with Crippen molar-refractivity contribution < 1.29 is 14.2 Å². The van der Waals surface area contributed by atoms with Crippen molar-refractivity contribution in [2.24, 2.45) is 11.1 Å². The molecule has 0 aliphatic rings. The van der Waals surface area contributed by atoms with Gasteiger partial charge in [0.1, 0.15) is 0 Å². The summed E-state index contributed by atoms with van der Waals surface area (Å²) in [6, 6.07) is 0. The maximum atomic E-state index is 5.69.